The standard InChI is InChI=1S/C35H39N3O2/c1-5-7-13-21-37-24(3)32(27-15-9-11-17-30(27)37)35(29-23-36-20-19-26(29)34(39)40-35)33-25(4)38(22-14-8-6-2)31-18-12-10-16-28(31)33/h9-12,15-20,23H,5-8,13-14,21-22H2,1-4H3. The smallest absolute Gasteiger partial charge is 0.340 e. The Kier molecular flexibility index (Phi) is 6.99. The number of hydrogen-bond donors (Lipinski definition) is 0. The minimum absolute atomic E-state index is 0.290. The van der Waals surface area contributed by atoms with Crippen LogP contribution in [0.1, 0.15) is 90.8 Å². The first-order valence-corrected chi connectivity index (χ1v) is 14.9. The minimum atomic E-state index is -1.10. The fourth-order valence-corrected chi connectivity index (χ4v) is 6.97. The van der Waals surface area contributed by atoms with Crippen molar-refractivity contribution in [3.8, 4) is 0 Å². The molecular weight excluding hydrogens is 494 g/mol. The maximum atomic E-state index is 13.7. The number of pyridine rings is 1. The summed E-state index contributed by atoms with van der Waals surface area (Å²) in [7, 11) is 0. The fourth-order valence-electron chi connectivity index (χ4n) is 6.97. The molecule has 2 aromatic carbocycles. The maximum Gasteiger partial charge on any atom is 0.340 e. The predicted octanol–water partition coefficient (Wildman–Crippen LogP) is 8.45. The number of unbranched alkanes of at least 4 members (excludes halogenated alkanes) is 4. The van der Waals surface area contributed by atoms with Crippen LogP contribution in [0.2, 0.25) is 0 Å². The molecule has 0 saturated carbocycles. The molecule has 4 heterocycles. The molecule has 0 bridgehead atoms. The van der Waals surface area contributed by atoms with Crippen molar-refractivity contribution in [1.82, 2.24) is 14.1 Å². The van der Waals surface area contributed by atoms with Crippen molar-refractivity contribution in [3.63, 3.8) is 0 Å². The molecule has 0 unspecified atom stereocenters. The van der Waals surface area contributed by atoms with Crippen LogP contribution in [0.4, 0.5) is 0 Å². The van der Waals surface area contributed by atoms with Gasteiger partial charge in [0, 0.05) is 75.4 Å². The topological polar surface area (TPSA) is 49.0 Å². The number of ether oxygens (including phenoxy) is 1. The number of carbonyl (C=O) groups excluding carboxylic acids is 1. The van der Waals surface area contributed by atoms with Crippen molar-refractivity contribution >= 4 is 27.8 Å². The summed E-state index contributed by atoms with van der Waals surface area (Å²) >= 11 is 0. The highest BCUT2D eigenvalue weighted by molar-refractivity contribution is 6.01. The Labute approximate surface area is 236 Å². The zero-order valence-electron chi connectivity index (χ0n) is 24.2. The number of aromatic nitrogens is 3. The molecular formula is C35H39N3O2. The summed E-state index contributed by atoms with van der Waals surface area (Å²) in [5.41, 5.74) is 7.09. The van der Waals surface area contributed by atoms with E-state index in [1.54, 1.807) is 6.20 Å². The second-order valence-electron chi connectivity index (χ2n) is 11.2. The van der Waals surface area contributed by atoms with Crippen LogP contribution in [-0.2, 0) is 23.4 Å². The van der Waals surface area contributed by atoms with Crippen LogP contribution in [0.5, 0.6) is 0 Å². The summed E-state index contributed by atoms with van der Waals surface area (Å²) in [6.07, 6.45) is 10.5. The van der Waals surface area contributed by atoms with Crippen molar-refractivity contribution in [3.05, 3.63) is 101 Å². The Hall–Kier alpha value is -3.86. The first kappa shape index (κ1) is 26.4. The van der Waals surface area contributed by atoms with Crippen molar-refractivity contribution in [1.29, 1.82) is 0 Å². The lowest BCUT2D eigenvalue weighted by Crippen LogP contribution is -2.31. The second-order valence-corrected chi connectivity index (χ2v) is 11.2. The monoisotopic (exact) mass is 533 g/mol. The van der Waals surface area contributed by atoms with Gasteiger partial charge in [0.1, 0.15) is 0 Å². The van der Waals surface area contributed by atoms with Crippen LogP contribution in [-0.4, -0.2) is 20.1 Å². The van der Waals surface area contributed by atoms with E-state index in [4.69, 9.17) is 4.74 Å². The van der Waals surface area contributed by atoms with Gasteiger partial charge in [0.05, 0.1) is 5.56 Å². The molecule has 0 amide bonds. The Balaban J connectivity index is 1.71. The summed E-state index contributed by atoms with van der Waals surface area (Å²) in [5, 5.41) is 2.26. The van der Waals surface area contributed by atoms with Crippen LogP contribution in [0.3, 0.4) is 0 Å². The molecule has 0 aliphatic carbocycles. The third-order valence-electron chi connectivity index (χ3n) is 8.80. The molecule has 5 nitrogen and oxygen atoms in total. The highest BCUT2D eigenvalue weighted by Gasteiger charge is 2.53. The molecule has 1 aliphatic heterocycles. The van der Waals surface area contributed by atoms with E-state index in [-0.39, 0.29) is 5.97 Å². The maximum absolute atomic E-state index is 13.7. The van der Waals surface area contributed by atoms with E-state index in [9.17, 15) is 4.79 Å². The molecule has 0 atom stereocenters. The van der Waals surface area contributed by atoms with Gasteiger partial charge in [-0.1, -0.05) is 75.9 Å². The predicted molar refractivity (Wildman–Crippen MR) is 162 cm³/mol. The van der Waals surface area contributed by atoms with E-state index >= 15 is 0 Å². The third-order valence-corrected chi connectivity index (χ3v) is 8.80. The molecule has 40 heavy (non-hydrogen) atoms. The minimum Gasteiger partial charge on any atom is -0.440 e. The number of hydrogen-bond acceptors (Lipinski definition) is 3. The molecule has 0 radical (unpaired) electrons. The number of benzene rings is 2. The highest BCUT2D eigenvalue weighted by atomic mass is 16.6. The van der Waals surface area contributed by atoms with Gasteiger partial charge in [0.15, 0.2) is 5.60 Å². The molecule has 5 heteroatoms. The van der Waals surface area contributed by atoms with Crippen LogP contribution in [0, 0.1) is 13.8 Å². The fraction of sp³-hybridized carbons (Fsp3) is 0.371. The Morgan fingerprint density at radius 1 is 0.750 bits per heavy atom. The third kappa shape index (κ3) is 3.89. The molecule has 6 rings (SSSR count). The average Bonchev–Trinajstić information content (AvgIpc) is 3.54. The molecule has 5 aromatic rings. The quantitative estimate of drug-likeness (QED) is 0.134. The van der Waals surface area contributed by atoms with Gasteiger partial charge in [0.25, 0.3) is 0 Å². The lowest BCUT2D eigenvalue weighted by atomic mass is 9.78. The van der Waals surface area contributed by atoms with E-state index in [0.717, 1.165) is 64.8 Å². The van der Waals surface area contributed by atoms with E-state index in [0.29, 0.717) is 5.56 Å². The summed E-state index contributed by atoms with van der Waals surface area (Å²) in [6.45, 7) is 10.7. The van der Waals surface area contributed by atoms with Gasteiger partial charge in [-0.3, -0.25) is 4.98 Å². The van der Waals surface area contributed by atoms with Gasteiger partial charge in [-0.2, -0.15) is 0 Å². The lowest BCUT2D eigenvalue weighted by molar-refractivity contribution is 0.0255. The first-order chi connectivity index (χ1) is 19.5. The molecule has 206 valence electrons. The normalized spacial score (nSPS) is 14.2. The number of cyclic esters (lactones) is 1. The van der Waals surface area contributed by atoms with Crippen molar-refractivity contribution in [2.75, 3.05) is 0 Å². The van der Waals surface area contributed by atoms with E-state index < -0.39 is 5.60 Å². The number of esters is 1. The Morgan fingerprint density at radius 3 is 1.80 bits per heavy atom. The summed E-state index contributed by atoms with van der Waals surface area (Å²) in [5.74, 6) is -0.290. The van der Waals surface area contributed by atoms with Crippen LogP contribution < -0.4 is 0 Å². The van der Waals surface area contributed by atoms with Crippen molar-refractivity contribution < 1.29 is 9.53 Å². The van der Waals surface area contributed by atoms with Crippen LogP contribution in [0.25, 0.3) is 21.8 Å². The molecule has 0 N–H and O–H groups in total. The lowest BCUT2D eigenvalue weighted by Gasteiger charge is -2.31. The number of para-hydroxylation sites is 2. The number of rotatable bonds is 10. The molecule has 0 saturated heterocycles. The number of fused-ring (bicyclic) bond motifs is 3. The Bertz CT molecular complexity index is 1610. The summed E-state index contributed by atoms with van der Waals surface area (Å²) in [6, 6.07) is 19.0. The van der Waals surface area contributed by atoms with Gasteiger partial charge >= 0.3 is 5.97 Å². The zero-order valence-corrected chi connectivity index (χ0v) is 24.2. The number of aryl methyl sites for hydroxylation is 2. The first-order valence-electron chi connectivity index (χ1n) is 14.9. The molecule has 1 aliphatic rings. The largest absolute Gasteiger partial charge is 0.440 e. The summed E-state index contributed by atoms with van der Waals surface area (Å²) < 4.78 is 11.6. The Morgan fingerprint density at radius 2 is 1.27 bits per heavy atom. The molecule has 0 fully saturated rings. The van der Waals surface area contributed by atoms with E-state index in [2.05, 4.69) is 90.3 Å². The summed E-state index contributed by atoms with van der Waals surface area (Å²) in [4.78, 5) is 18.2. The van der Waals surface area contributed by atoms with Gasteiger partial charge in [0.2, 0.25) is 0 Å². The van der Waals surface area contributed by atoms with Gasteiger partial charge in [-0.05, 0) is 44.9 Å². The number of nitrogens with zero attached hydrogens (tertiary/aromatic N) is 3. The van der Waals surface area contributed by atoms with Crippen LogP contribution >= 0.6 is 0 Å². The highest BCUT2D eigenvalue weighted by Crippen LogP contribution is 2.53. The van der Waals surface area contributed by atoms with Gasteiger partial charge in [-0.15, -0.1) is 0 Å². The van der Waals surface area contributed by atoms with Crippen LogP contribution in [0.15, 0.2) is 67.0 Å². The second kappa shape index (κ2) is 10.6. The molecule has 3 aromatic heterocycles. The van der Waals surface area contributed by atoms with Crippen molar-refractivity contribution in [2.24, 2.45) is 0 Å². The van der Waals surface area contributed by atoms with Gasteiger partial charge in [-0.25, -0.2) is 4.79 Å². The van der Waals surface area contributed by atoms with Crippen molar-refractivity contribution in [2.45, 2.75) is 84.9 Å². The average molecular weight is 534 g/mol. The van der Waals surface area contributed by atoms with Gasteiger partial charge < -0.3 is 13.9 Å². The SMILES string of the molecule is CCCCCn1c(C)c(C2(c3c(C)n(CCCCC)c4ccccc34)OC(=O)c3ccncc32)c2ccccc21. The van der Waals surface area contributed by atoms with E-state index in [1.165, 1.54) is 36.7 Å². The molecule has 0 spiro atoms. The zero-order chi connectivity index (χ0) is 27.9. The van der Waals surface area contributed by atoms with E-state index in [1.807, 2.05) is 12.3 Å². The number of carbonyl (C=O) groups is 1.